The summed E-state index contributed by atoms with van der Waals surface area (Å²) in [6.07, 6.45) is 3.41. The molecular formula is C14H17F2N5O. The quantitative estimate of drug-likeness (QED) is 0.936. The van der Waals surface area contributed by atoms with Crippen molar-refractivity contribution in [2.45, 2.75) is 38.3 Å². The van der Waals surface area contributed by atoms with E-state index < -0.39 is 6.43 Å². The lowest BCUT2D eigenvalue weighted by atomic mass is 9.93. The first-order valence-corrected chi connectivity index (χ1v) is 7.16. The second-order valence-corrected chi connectivity index (χ2v) is 5.46. The molecule has 0 aromatic carbocycles. The minimum Gasteiger partial charge on any atom is -0.348 e. The number of fused-ring (bicyclic) bond motifs is 1. The van der Waals surface area contributed by atoms with Crippen LogP contribution in [0.4, 0.5) is 8.78 Å². The van der Waals surface area contributed by atoms with E-state index in [-0.39, 0.29) is 24.2 Å². The van der Waals surface area contributed by atoms with Crippen LogP contribution < -0.4 is 5.32 Å². The van der Waals surface area contributed by atoms with Crippen LogP contribution in [0.25, 0.3) is 0 Å². The van der Waals surface area contributed by atoms with Gasteiger partial charge in [0.05, 0.1) is 11.7 Å². The number of hydrogen-bond donors (Lipinski definition) is 1. The predicted molar refractivity (Wildman–Crippen MR) is 74.2 cm³/mol. The SMILES string of the molecule is Cn1cc2c(n1)CCCC2NC(=O)Cn1ccc(C(F)F)n1. The van der Waals surface area contributed by atoms with E-state index in [2.05, 4.69) is 15.5 Å². The third kappa shape index (κ3) is 3.00. The monoisotopic (exact) mass is 309 g/mol. The lowest BCUT2D eigenvalue weighted by Gasteiger charge is -2.22. The fourth-order valence-corrected chi connectivity index (χ4v) is 2.79. The van der Waals surface area contributed by atoms with Gasteiger partial charge in [-0.3, -0.25) is 14.2 Å². The largest absolute Gasteiger partial charge is 0.348 e. The van der Waals surface area contributed by atoms with Gasteiger partial charge in [0.25, 0.3) is 6.43 Å². The van der Waals surface area contributed by atoms with Gasteiger partial charge < -0.3 is 5.32 Å². The summed E-state index contributed by atoms with van der Waals surface area (Å²) < 4.78 is 27.9. The maximum atomic E-state index is 12.5. The zero-order valence-electron chi connectivity index (χ0n) is 12.2. The molecule has 1 unspecified atom stereocenters. The van der Waals surface area contributed by atoms with E-state index >= 15 is 0 Å². The molecule has 2 aromatic rings. The Kier molecular flexibility index (Phi) is 3.91. The number of carbonyl (C=O) groups is 1. The maximum absolute atomic E-state index is 12.5. The van der Waals surface area contributed by atoms with Crippen molar-refractivity contribution in [3.8, 4) is 0 Å². The zero-order valence-corrected chi connectivity index (χ0v) is 12.2. The van der Waals surface area contributed by atoms with Gasteiger partial charge in [-0.05, 0) is 25.3 Å². The van der Waals surface area contributed by atoms with E-state index in [1.807, 2.05) is 13.2 Å². The third-order valence-corrected chi connectivity index (χ3v) is 3.75. The molecule has 3 rings (SSSR count). The molecule has 0 bridgehead atoms. The Balaban J connectivity index is 1.64. The van der Waals surface area contributed by atoms with Crippen molar-refractivity contribution in [1.82, 2.24) is 24.9 Å². The number of nitrogens with one attached hydrogen (secondary N) is 1. The molecule has 2 heterocycles. The minimum atomic E-state index is -2.62. The van der Waals surface area contributed by atoms with Crippen LogP contribution in [0.1, 0.15) is 42.3 Å². The number of amides is 1. The van der Waals surface area contributed by atoms with Crippen LogP contribution in [0, 0.1) is 0 Å². The number of nitrogens with zero attached hydrogens (tertiary/aromatic N) is 4. The average molecular weight is 309 g/mol. The van der Waals surface area contributed by atoms with E-state index in [0.717, 1.165) is 30.5 Å². The van der Waals surface area contributed by atoms with E-state index in [0.29, 0.717) is 0 Å². The van der Waals surface area contributed by atoms with Gasteiger partial charge in [0, 0.05) is 25.0 Å². The second kappa shape index (κ2) is 5.86. The molecule has 0 aliphatic heterocycles. The molecule has 0 radical (unpaired) electrons. The van der Waals surface area contributed by atoms with Crippen molar-refractivity contribution in [3.05, 3.63) is 35.4 Å². The number of halogens is 2. The highest BCUT2D eigenvalue weighted by molar-refractivity contribution is 5.76. The molecular weight excluding hydrogens is 292 g/mol. The van der Waals surface area contributed by atoms with Crippen molar-refractivity contribution in [3.63, 3.8) is 0 Å². The molecule has 2 aromatic heterocycles. The fraction of sp³-hybridized carbons (Fsp3) is 0.500. The van der Waals surface area contributed by atoms with Crippen molar-refractivity contribution in [1.29, 1.82) is 0 Å². The molecule has 1 aliphatic carbocycles. The van der Waals surface area contributed by atoms with E-state index in [1.54, 1.807) is 4.68 Å². The molecule has 118 valence electrons. The van der Waals surface area contributed by atoms with Crippen LogP contribution in [-0.4, -0.2) is 25.5 Å². The Morgan fingerprint density at radius 1 is 1.50 bits per heavy atom. The van der Waals surface area contributed by atoms with Crippen molar-refractivity contribution in [2.24, 2.45) is 7.05 Å². The summed E-state index contributed by atoms with van der Waals surface area (Å²) in [7, 11) is 1.85. The Morgan fingerprint density at radius 2 is 2.32 bits per heavy atom. The van der Waals surface area contributed by atoms with E-state index in [4.69, 9.17) is 0 Å². The number of aryl methyl sites for hydroxylation is 2. The minimum absolute atomic E-state index is 0.0706. The summed E-state index contributed by atoms with van der Waals surface area (Å²) in [5, 5.41) is 11.0. The van der Waals surface area contributed by atoms with Crippen molar-refractivity contribution >= 4 is 5.91 Å². The standard InChI is InChI=1S/C14H17F2N5O/c1-20-7-9-10(3-2-4-11(9)18-20)17-13(22)8-21-6-5-12(19-21)14(15)16/h5-7,10,14H,2-4,8H2,1H3,(H,17,22). The normalized spacial score (nSPS) is 17.5. The highest BCUT2D eigenvalue weighted by atomic mass is 19.3. The average Bonchev–Trinajstić information content (AvgIpc) is 3.05. The van der Waals surface area contributed by atoms with Gasteiger partial charge in [0.1, 0.15) is 12.2 Å². The molecule has 0 fully saturated rings. The molecule has 1 amide bonds. The molecule has 0 spiro atoms. The molecule has 0 saturated heterocycles. The Hall–Kier alpha value is -2.25. The summed E-state index contributed by atoms with van der Waals surface area (Å²) in [5.74, 6) is -0.245. The third-order valence-electron chi connectivity index (χ3n) is 3.75. The molecule has 0 saturated carbocycles. The number of carbonyl (C=O) groups excluding carboxylic acids is 1. The maximum Gasteiger partial charge on any atom is 0.282 e. The molecule has 1 aliphatic rings. The summed E-state index contributed by atoms with van der Waals surface area (Å²) in [6.45, 7) is -0.0706. The van der Waals surface area contributed by atoms with Crippen LogP contribution in [0.3, 0.4) is 0 Å². The fourth-order valence-electron chi connectivity index (χ4n) is 2.79. The smallest absolute Gasteiger partial charge is 0.282 e. The van der Waals surface area contributed by atoms with Crippen LogP contribution in [-0.2, 0) is 24.8 Å². The van der Waals surface area contributed by atoms with Crippen LogP contribution >= 0.6 is 0 Å². The van der Waals surface area contributed by atoms with Gasteiger partial charge in [-0.1, -0.05) is 0 Å². The van der Waals surface area contributed by atoms with Gasteiger partial charge in [-0.15, -0.1) is 0 Å². The molecule has 1 N–H and O–H groups in total. The highest BCUT2D eigenvalue weighted by Gasteiger charge is 2.24. The molecule has 6 nitrogen and oxygen atoms in total. The lowest BCUT2D eigenvalue weighted by Crippen LogP contribution is -2.33. The van der Waals surface area contributed by atoms with Crippen LogP contribution in [0.2, 0.25) is 0 Å². The highest BCUT2D eigenvalue weighted by Crippen LogP contribution is 2.28. The first kappa shape index (κ1) is 14.7. The Bertz CT molecular complexity index is 679. The number of aromatic nitrogens is 4. The van der Waals surface area contributed by atoms with Gasteiger partial charge >= 0.3 is 0 Å². The van der Waals surface area contributed by atoms with Gasteiger partial charge in [-0.2, -0.15) is 10.2 Å². The first-order valence-electron chi connectivity index (χ1n) is 7.16. The summed E-state index contributed by atoms with van der Waals surface area (Å²) in [6, 6.07) is 1.15. The molecule has 1 atom stereocenters. The van der Waals surface area contributed by atoms with E-state index in [9.17, 15) is 13.6 Å². The van der Waals surface area contributed by atoms with Gasteiger partial charge in [0.2, 0.25) is 5.91 Å². The van der Waals surface area contributed by atoms with Crippen LogP contribution in [0.5, 0.6) is 0 Å². The summed E-state index contributed by atoms with van der Waals surface area (Å²) in [4.78, 5) is 12.1. The zero-order chi connectivity index (χ0) is 15.7. The summed E-state index contributed by atoms with van der Waals surface area (Å²) in [5.41, 5.74) is 1.73. The van der Waals surface area contributed by atoms with Gasteiger partial charge in [-0.25, -0.2) is 8.78 Å². The summed E-state index contributed by atoms with van der Waals surface area (Å²) >= 11 is 0. The van der Waals surface area contributed by atoms with Crippen LogP contribution in [0.15, 0.2) is 18.5 Å². The predicted octanol–water partition coefficient (Wildman–Crippen LogP) is 1.75. The Labute approximate surface area is 126 Å². The van der Waals surface area contributed by atoms with Crippen molar-refractivity contribution in [2.75, 3.05) is 0 Å². The topological polar surface area (TPSA) is 64.7 Å². The number of hydrogen-bond acceptors (Lipinski definition) is 3. The first-order chi connectivity index (χ1) is 10.5. The van der Waals surface area contributed by atoms with Gasteiger partial charge in [0.15, 0.2) is 0 Å². The number of rotatable bonds is 4. The second-order valence-electron chi connectivity index (χ2n) is 5.46. The Morgan fingerprint density at radius 3 is 3.05 bits per heavy atom. The van der Waals surface area contributed by atoms with E-state index in [1.165, 1.54) is 16.9 Å². The molecule has 22 heavy (non-hydrogen) atoms. The number of alkyl halides is 2. The van der Waals surface area contributed by atoms with Crippen molar-refractivity contribution < 1.29 is 13.6 Å². The molecule has 8 heteroatoms. The lowest BCUT2D eigenvalue weighted by molar-refractivity contribution is -0.122.